The Morgan fingerprint density at radius 1 is 1.16 bits per heavy atom. The van der Waals surface area contributed by atoms with Crippen LogP contribution in [-0.4, -0.2) is 27.5 Å². The SMILES string of the molecule is c1ccc(-c2cnc(Nc3cc(CC[C@H]4CCCN4)ncn3)s2)cc1. The van der Waals surface area contributed by atoms with Crippen LogP contribution < -0.4 is 10.6 Å². The average molecular weight is 351 g/mol. The molecule has 2 N–H and O–H groups in total. The Morgan fingerprint density at radius 2 is 2.08 bits per heavy atom. The molecule has 25 heavy (non-hydrogen) atoms. The third-order valence-corrected chi connectivity index (χ3v) is 5.40. The van der Waals surface area contributed by atoms with E-state index in [2.05, 4.69) is 37.7 Å². The van der Waals surface area contributed by atoms with Crippen molar-refractivity contribution >= 4 is 22.3 Å². The third kappa shape index (κ3) is 4.21. The van der Waals surface area contributed by atoms with Crippen LogP contribution in [0.4, 0.5) is 10.9 Å². The van der Waals surface area contributed by atoms with Crippen LogP contribution in [0.1, 0.15) is 25.0 Å². The minimum Gasteiger partial charge on any atom is -0.316 e. The largest absolute Gasteiger partial charge is 0.316 e. The van der Waals surface area contributed by atoms with Crippen LogP contribution in [0.2, 0.25) is 0 Å². The van der Waals surface area contributed by atoms with Crippen molar-refractivity contribution in [1.29, 1.82) is 0 Å². The summed E-state index contributed by atoms with van der Waals surface area (Å²) in [6, 6.07) is 13.0. The summed E-state index contributed by atoms with van der Waals surface area (Å²) >= 11 is 1.63. The lowest BCUT2D eigenvalue weighted by atomic mass is 10.1. The minimum atomic E-state index is 0.638. The summed E-state index contributed by atoms with van der Waals surface area (Å²) in [6.07, 6.45) is 8.20. The molecule has 2 aromatic heterocycles. The molecule has 3 aromatic rings. The molecule has 1 aromatic carbocycles. The first-order valence-corrected chi connectivity index (χ1v) is 9.51. The number of rotatable bonds is 6. The van der Waals surface area contributed by atoms with Crippen molar-refractivity contribution in [2.45, 2.75) is 31.7 Å². The molecule has 5 nitrogen and oxygen atoms in total. The lowest BCUT2D eigenvalue weighted by Gasteiger charge is -2.09. The number of benzene rings is 1. The molecular formula is C19H21N5S. The van der Waals surface area contributed by atoms with Crippen LogP contribution in [0.15, 0.2) is 48.9 Å². The molecule has 4 rings (SSSR count). The maximum Gasteiger partial charge on any atom is 0.188 e. The molecule has 6 heteroatoms. The van der Waals surface area contributed by atoms with Gasteiger partial charge < -0.3 is 10.6 Å². The fourth-order valence-electron chi connectivity index (χ4n) is 3.11. The van der Waals surface area contributed by atoms with Crippen LogP contribution in [-0.2, 0) is 6.42 Å². The van der Waals surface area contributed by atoms with Gasteiger partial charge in [-0.15, -0.1) is 0 Å². The van der Waals surface area contributed by atoms with E-state index in [1.165, 1.54) is 18.4 Å². The first-order chi connectivity index (χ1) is 12.4. The summed E-state index contributed by atoms with van der Waals surface area (Å²) in [5.41, 5.74) is 2.26. The fraction of sp³-hybridized carbons (Fsp3) is 0.316. The van der Waals surface area contributed by atoms with E-state index in [9.17, 15) is 0 Å². The Bertz CT molecular complexity index is 811. The number of aromatic nitrogens is 3. The number of nitrogens with zero attached hydrogens (tertiary/aromatic N) is 3. The molecule has 0 unspecified atom stereocenters. The standard InChI is InChI=1S/C19H21N5S/c1-2-5-14(6-3-1)17-12-21-19(25-17)24-18-11-16(22-13-23-18)9-8-15-7-4-10-20-15/h1-3,5-6,11-13,15,20H,4,7-10H2,(H,21,22,23,24)/t15-/m1/s1. The molecule has 1 fully saturated rings. The van der Waals surface area contributed by atoms with Gasteiger partial charge in [0.05, 0.1) is 4.88 Å². The van der Waals surface area contributed by atoms with Gasteiger partial charge in [-0.3, -0.25) is 0 Å². The molecule has 1 atom stereocenters. The van der Waals surface area contributed by atoms with E-state index in [1.54, 1.807) is 17.7 Å². The van der Waals surface area contributed by atoms with Crippen LogP contribution in [0.5, 0.6) is 0 Å². The van der Waals surface area contributed by atoms with Crippen molar-refractivity contribution in [2.24, 2.45) is 0 Å². The maximum atomic E-state index is 4.46. The highest BCUT2D eigenvalue weighted by Gasteiger charge is 2.14. The van der Waals surface area contributed by atoms with Gasteiger partial charge in [0.2, 0.25) is 0 Å². The maximum absolute atomic E-state index is 4.46. The van der Waals surface area contributed by atoms with Crippen molar-refractivity contribution in [1.82, 2.24) is 20.3 Å². The number of hydrogen-bond donors (Lipinski definition) is 2. The van der Waals surface area contributed by atoms with E-state index in [0.717, 1.165) is 40.9 Å². The van der Waals surface area contributed by atoms with Gasteiger partial charge in [-0.25, -0.2) is 15.0 Å². The molecule has 1 aliphatic rings. The molecule has 0 aliphatic carbocycles. The molecule has 0 amide bonds. The fourth-order valence-corrected chi connectivity index (χ4v) is 3.93. The van der Waals surface area contributed by atoms with Gasteiger partial charge in [0, 0.05) is 24.0 Å². The number of hydrogen-bond acceptors (Lipinski definition) is 6. The van der Waals surface area contributed by atoms with Gasteiger partial charge >= 0.3 is 0 Å². The average Bonchev–Trinajstić information content (AvgIpc) is 3.33. The second kappa shape index (κ2) is 7.72. The molecule has 128 valence electrons. The van der Waals surface area contributed by atoms with E-state index in [4.69, 9.17) is 0 Å². The highest BCUT2D eigenvalue weighted by atomic mass is 32.1. The van der Waals surface area contributed by atoms with Crippen LogP contribution in [0, 0.1) is 0 Å². The normalized spacial score (nSPS) is 16.9. The van der Waals surface area contributed by atoms with E-state index in [-0.39, 0.29) is 0 Å². The predicted molar refractivity (Wildman–Crippen MR) is 102 cm³/mol. The lowest BCUT2D eigenvalue weighted by Crippen LogP contribution is -2.21. The topological polar surface area (TPSA) is 62.7 Å². The molecule has 3 heterocycles. The number of thiazole rings is 1. The summed E-state index contributed by atoms with van der Waals surface area (Å²) < 4.78 is 0. The van der Waals surface area contributed by atoms with Crippen LogP contribution in [0.25, 0.3) is 10.4 Å². The Hall–Kier alpha value is -2.31. The zero-order valence-corrected chi connectivity index (χ0v) is 14.8. The Labute approximate surface area is 151 Å². The second-order valence-corrected chi connectivity index (χ2v) is 7.28. The predicted octanol–water partition coefficient (Wildman–Crippen LogP) is 4.03. The summed E-state index contributed by atoms with van der Waals surface area (Å²) in [4.78, 5) is 14.3. The van der Waals surface area contributed by atoms with Gasteiger partial charge in [0.25, 0.3) is 0 Å². The summed E-state index contributed by atoms with van der Waals surface area (Å²) in [6.45, 7) is 1.15. The first-order valence-electron chi connectivity index (χ1n) is 8.69. The Balaban J connectivity index is 1.40. The molecule has 0 spiro atoms. The monoisotopic (exact) mass is 351 g/mol. The van der Waals surface area contributed by atoms with Crippen molar-refractivity contribution in [2.75, 3.05) is 11.9 Å². The zero-order chi connectivity index (χ0) is 16.9. The van der Waals surface area contributed by atoms with Gasteiger partial charge in [0.15, 0.2) is 5.13 Å². The smallest absolute Gasteiger partial charge is 0.188 e. The Morgan fingerprint density at radius 3 is 2.92 bits per heavy atom. The number of nitrogens with one attached hydrogen (secondary N) is 2. The van der Waals surface area contributed by atoms with E-state index in [0.29, 0.717) is 6.04 Å². The quantitative estimate of drug-likeness (QED) is 0.702. The minimum absolute atomic E-state index is 0.638. The molecule has 1 aliphatic heterocycles. The summed E-state index contributed by atoms with van der Waals surface area (Å²) in [7, 11) is 0. The van der Waals surface area contributed by atoms with Crippen LogP contribution >= 0.6 is 11.3 Å². The molecule has 0 saturated carbocycles. The third-order valence-electron chi connectivity index (χ3n) is 4.43. The van der Waals surface area contributed by atoms with Gasteiger partial charge in [0.1, 0.15) is 12.1 Å². The van der Waals surface area contributed by atoms with E-state index < -0.39 is 0 Å². The van der Waals surface area contributed by atoms with Gasteiger partial charge in [-0.05, 0) is 37.8 Å². The number of anilines is 2. The molecular weight excluding hydrogens is 330 g/mol. The highest BCUT2D eigenvalue weighted by Crippen LogP contribution is 2.30. The summed E-state index contributed by atoms with van der Waals surface area (Å²) in [5.74, 6) is 0.804. The molecule has 1 saturated heterocycles. The second-order valence-electron chi connectivity index (χ2n) is 6.25. The Kier molecular flexibility index (Phi) is 4.99. The molecule has 0 bridgehead atoms. The van der Waals surface area contributed by atoms with E-state index in [1.807, 2.05) is 30.5 Å². The van der Waals surface area contributed by atoms with Crippen molar-refractivity contribution < 1.29 is 0 Å². The molecule has 0 radical (unpaired) electrons. The lowest BCUT2D eigenvalue weighted by molar-refractivity contribution is 0.555. The number of aryl methyl sites for hydroxylation is 1. The highest BCUT2D eigenvalue weighted by molar-refractivity contribution is 7.18. The van der Waals surface area contributed by atoms with Gasteiger partial charge in [-0.2, -0.15) is 0 Å². The van der Waals surface area contributed by atoms with Crippen molar-refractivity contribution in [3.8, 4) is 10.4 Å². The summed E-state index contributed by atoms with van der Waals surface area (Å²) in [5, 5.41) is 7.68. The van der Waals surface area contributed by atoms with E-state index >= 15 is 0 Å². The van der Waals surface area contributed by atoms with Crippen LogP contribution in [0.3, 0.4) is 0 Å². The van der Waals surface area contributed by atoms with Crippen molar-refractivity contribution in [3.05, 3.63) is 54.6 Å². The first kappa shape index (κ1) is 16.2. The van der Waals surface area contributed by atoms with Crippen molar-refractivity contribution in [3.63, 3.8) is 0 Å². The van der Waals surface area contributed by atoms with Gasteiger partial charge in [-0.1, -0.05) is 41.7 Å². The zero-order valence-electron chi connectivity index (χ0n) is 14.0.